The van der Waals surface area contributed by atoms with Crippen LogP contribution in [0.4, 0.5) is 0 Å². The van der Waals surface area contributed by atoms with Crippen LogP contribution in [0.1, 0.15) is 32.8 Å². The van der Waals surface area contributed by atoms with Gasteiger partial charge in [-0.05, 0) is 48.9 Å². The van der Waals surface area contributed by atoms with Gasteiger partial charge >= 0.3 is 0 Å². The van der Waals surface area contributed by atoms with Crippen molar-refractivity contribution in [1.29, 1.82) is 0 Å². The van der Waals surface area contributed by atoms with Crippen molar-refractivity contribution in [2.75, 3.05) is 13.1 Å². The first-order valence-corrected chi connectivity index (χ1v) is 9.19. The second-order valence-electron chi connectivity index (χ2n) is 6.33. The lowest BCUT2D eigenvalue weighted by Gasteiger charge is -2.09. The van der Waals surface area contributed by atoms with E-state index in [9.17, 15) is 8.42 Å². The molecule has 0 radical (unpaired) electrons. The number of hydrogen-bond acceptors (Lipinski definition) is 3. The lowest BCUT2D eigenvalue weighted by Crippen LogP contribution is -2.26. The number of nitrogens with one attached hydrogen (secondary N) is 2. The Kier molecular flexibility index (Phi) is 5.41. The summed E-state index contributed by atoms with van der Waals surface area (Å²) < 4.78 is 27.0. The van der Waals surface area contributed by atoms with Crippen LogP contribution in [0.2, 0.25) is 0 Å². The molecular formula is C16H26N2O2S. The molecule has 21 heavy (non-hydrogen) atoms. The van der Waals surface area contributed by atoms with Crippen molar-refractivity contribution < 1.29 is 8.42 Å². The van der Waals surface area contributed by atoms with Crippen LogP contribution in [-0.2, 0) is 16.4 Å². The fourth-order valence-electron chi connectivity index (χ4n) is 2.32. The number of hydrogen-bond donors (Lipinski definition) is 2. The van der Waals surface area contributed by atoms with Crippen LogP contribution >= 0.6 is 0 Å². The van der Waals surface area contributed by atoms with Crippen LogP contribution in [0.25, 0.3) is 0 Å². The van der Waals surface area contributed by atoms with Gasteiger partial charge in [-0.15, -0.1) is 0 Å². The van der Waals surface area contributed by atoms with Gasteiger partial charge in [0.2, 0.25) is 10.0 Å². The highest BCUT2D eigenvalue weighted by Gasteiger charge is 2.33. The van der Waals surface area contributed by atoms with Crippen molar-refractivity contribution in [1.82, 2.24) is 10.0 Å². The molecular weight excluding hydrogens is 284 g/mol. The Bertz CT molecular complexity index is 552. The van der Waals surface area contributed by atoms with Crippen molar-refractivity contribution in [2.45, 2.75) is 44.6 Å². The average Bonchev–Trinajstić information content (AvgIpc) is 3.13. The van der Waals surface area contributed by atoms with E-state index in [1.165, 1.54) is 0 Å². The van der Waals surface area contributed by atoms with Crippen LogP contribution in [0.3, 0.4) is 0 Å². The highest BCUT2D eigenvalue weighted by Crippen LogP contribution is 2.37. The molecule has 0 amide bonds. The summed E-state index contributed by atoms with van der Waals surface area (Å²) in [5.74, 6) is 1.17. The Balaban J connectivity index is 1.88. The molecule has 5 heteroatoms. The van der Waals surface area contributed by atoms with Gasteiger partial charge < -0.3 is 5.32 Å². The lowest BCUT2D eigenvalue weighted by molar-refractivity contribution is 0.574. The molecule has 1 fully saturated rings. The monoisotopic (exact) mass is 310 g/mol. The molecule has 2 unspecified atom stereocenters. The molecule has 0 saturated heterocycles. The molecule has 2 N–H and O–H groups in total. The maximum Gasteiger partial charge on any atom is 0.240 e. The van der Waals surface area contributed by atoms with E-state index in [0.29, 0.717) is 29.3 Å². The Hall–Kier alpha value is -0.910. The van der Waals surface area contributed by atoms with Gasteiger partial charge in [0, 0.05) is 12.6 Å². The Morgan fingerprint density at radius 1 is 1.24 bits per heavy atom. The predicted octanol–water partition coefficient (Wildman–Crippen LogP) is 2.16. The van der Waals surface area contributed by atoms with E-state index in [1.807, 2.05) is 12.1 Å². The minimum Gasteiger partial charge on any atom is -0.314 e. The third-order valence-electron chi connectivity index (χ3n) is 4.01. The van der Waals surface area contributed by atoms with Crippen molar-refractivity contribution in [3.8, 4) is 0 Å². The van der Waals surface area contributed by atoms with Crippen LogP contribution < -0.4 is 10.0 Å². The summed E-state index contributed by atoms with van der Waals surface area (Å²) in [6.45, 7) is 7.84. The Morgan fingerprint density at radius 2 is 1.86 bits per heavy atom. The fraction of sp³-hybridized carbons (Fsp3) is 0.625. The molecule has 0 bridgehead atoms. The van der Waals surface area contributed by atoms with E-state index in [1.54, 1.807) is 12.1 Å². The predicted molar refractivity (Wildman–Crippen MR) is 85.7 cm³/mol. The van der Waals surface area contributed by atoms with E-state index >= 15 is 0 Å². The Morgan fingerprint density at radius 3 is 2.38 bits per heavy atom. The van der Waals surface area contributed by atoms with Gasteiger partial charge in [-0.2, -0.15) is 0 Å². The zero-order valence-corrected chi connectivity index (χ0v) is 13.9. The fourth-order valence-corrected chi connectivity index (χ4v) is 3.42. The summed E-state index contributed by atoms with van der Waals surface area (Å²) >= 11 is 0. The molecule has 0 aromatic heterocycles. The lowest BCUT2D eigenvalue weighted by atomic mass is 10.1. The highest BCUT2D eigenvalue weighted by molar-refractivity contribution is 7.89. The normalized spacial score (nSPS) is 21.7. The van der Waals surface area contributed by atoms with E-state index in [0.717, 1.165) is 24.9 Å². The highest BCUT2D eigenvalue weighted by atomic mass is 32.2. The number of benzene rings is 1. The third-order valence-corrected chi connectivity index (χ3v) is 5.45. The zero-order valence-electron chi connectivity index (χ0n) is 13.1. The van der Waals surface area contributed by atoms with Gasteiger partial charge in [0.15, 0.2) is 0 Å². The largest absolute Gasteiger partial charge is 0.314 e. The Labute approximate surface area is 128 Å². The first kappa shape index (κ1) is 16.5. The van der Waals surface area contributed by atoms with Crippen LogP contribution in [0, 0.1) is 11.8 Å². The molecule has 0 aliphatic heterocycles. The van der Waals surface area contributed by atoms with Crippen molar-refractivity contribution in [3.05, 3.63) is 29.8 Å². The maximum atomic E-state index is 12.2. The molecule has 0 heterocycles. The molecule has 2 rings (SSSR count). The van der Waals surface area contributed by atoms with Crippen LogP contribution in [0.5, 0.6) is 0 Å². The van der Waals surface area contributed by atoms with Gasteiger partial charge in [0.25, 0.3) is 0 Å². The molecule has 1 aromatic carbocycles. The van der Waals surface area contributed by atoms with Crippen LogP contribution in [0.15, 0.2) is 29.2 Å². The molecule has 1 aliphatic carbocycles. The maximum absolute atomic E-state index is 12.2. The van der Waals surface area contributed by atoms with E-state index < -0.39 is 10.0 Å². The van der Waals surface area contributed by atoms with E-state index in [2.05, 4.69) is 30.8 Å². The van der Waals surface area contributed by atoms with E-state index in [4.69, 9.17) is 0 Å². The average molecular weight is 310 g/mol. The number of rotatable bonds is 8. The quantitative estimate of drug-likeness (QED) is 0.773. The van der Waals surface area contributed by atoms with E-state index in [-0.39, 0.29) is 0 Å². The molecule has 4 nitrogen and oxygen atoms in total. The van der Waals surface area contributed by atoms with Gasteiger partial charge in [0.1, 0.15) is 0 Å². The molecule has 118 valence electrons. The smallest absolute Gasteiger partial charge is 0.240 e. The second kappa shape index (κ2) is 6.90. The molecule has 2 atom stereocenters. The SMILES string of the molecule is CC(C)NCCc1ccc(S(=O)(=O)NCC2CC2C)cc1. The van der Waals surface area contributed by atoms with Gasteiger partial charge in [-0.3, -0.25) is 0 Å². The van der Waals surface area contributed by atoms with Gasteiger partial charge in [-0.1, -0.05) is 32.9 Å². The second-order valence-corrected chi connectivity index (χ2v) is 8.09. The molecule has 1 saturated carbocycles. The third kappa shape index (κ3) is 5.09. The molecule has 0 spiro atoms. The summed E-state index contributed by atoms with van der Waals surface area (Å²) in [4.78, 5) is 0.358. The standard InChI is InChI=1S/C16H26N2O2S/c1-12(2)17-9-8-14-4-6-16(7-5-14)21(19,20)18-11-15-10-13(15)3/h4-7,12-13,15,17-18H,8-11H2,1-3H3. The first-order chi connectivity index (χ1) is 9.88. The van der Waals surface area contributed by atoms with Gasteiger partial charge in [0.05, 0.1) is 4.90 Å². The van der Waals surface area contributed by atoms with Crippen molar-refractivity contribution in [3.63, 3.8) is 0 Å². The summed E-state index contributed by atoms with van der Waals surface area (Å²) in [6, 6.07) is 7.66. The van der Waals surface area contributed by atoms with Crippen molar-refractivity contribution in [2.24, 2.45) is 11.8 Å². The van der Waals surface area contributed by atoms with Crippen molar-refractivity contribution >= 4 is 10.0 Å². The minimum absolute atomic E-state index is 0.358. The first-order valence-electron chi connectivity index (χ1n) is 7.70. The molecule has 1 aliphatic rings. The minimum atomic E-state index is -3.36. The summed E-state index contributed by atoms with van der Waals surface area (Å²) in [5.41, 5.74) is 1.15. The summed E-state index contributed by atoms with van der Waals surface area (Å²) in [5, 5.41) is 3.35. The summed E-state index contributed by atoms with van der Waals surface area (Å²) in [6.07, 6.45) is 2.04. The topological polar surface area (TPSA) is 58.2 Å². The zero-order chi connectivity index (χ0) is 15.5. The summed E-state index contributed by atoms with van der Waals surface area (Å²) in [7, 11) is -3.36. The van der Waals surface area contributed by atoms with Crippen LogP contribution in [-0.4, -0.2) is 27.5 Å². The number of sulfonamides is 1. The van der Waals surface area contributed by atoms with Gasteiger partial charge in [-0.25, -0.2) is 13.1 Å². The molecule has 1 aromatic rings.